The van der Waals surface area contributed by atoms with Gasteiger partial charge in [0.2, 0.25) is 0 Å². The average molecular weight is 360 g/mol. The molecule has 1 aromatic carbocycles. The van der Waals surface area contributed by atoms with Gasteiger partial charge in [-0.1, -0.05) is 11.6 Å². The predicted octanol–water partition coefficient (Wildman–Crippen LogP) is 3.87. The highest BCUT2D eigenvalue weighted by Gasteiger charge is 2.13. The predicted molar refractivity (Wildman–Crippen MR) is 89.6 cm³/mol. The lowest BCUT2D eigenvalue weighted by Crippen LogP contribution is -2.16. The zero-order valence-electron chi connectivity index (χ0n) is 12.5. The van der Waals surface area contributed by atoms with Crippen molar-refractivity contribution in [3.05, 3.63) is 75.4 Å². The lowest BCUT2D eigenvalue weighted by molar-refractivity contribution is -0.384. The van der Waals surface area contributed by atoms with E-state index in [2.05, 4.69) is 10.5 Å². The smallest absolute Gasteiger partial charge is 0.307 e. The van der Waals surface area contributed by atoms with Crippen LogP contribution in [0.2, 0.25) is 5.02 Å². The molecular weight excluding hydrogens is 350 g/mol. The first-order valence-electron chi connectivity index (χ1n) is 6.95. The van der Waals surface area contributed by atoms with Gasteiger partial charge in [0.05, 0.1) is 22.4 Å². The van der Waals surface area contributed by atoms with Gasteiger partial charge in [0, 0.05) is 17.7 Å². The number of rotatable bonds is 5. The number of nitro benzene ring substituents is 1. The number of furan rings is 2. The fourth-order valence-corrected chi connectivity index (χ4v) is 2.27. The summed E-state index contributed by atoms with van der Waals surface area (Å²) in [6, 6.07) is 10.4. The molecule has 0 saturated carbocycles. The van der Waals surface area contributed by atoms with Crippen molar-refractivity contribution >= 4 is 29.4 Å². The number of nitrogens with zero attached hydrogens (tertiary/aromatic N) is 2. The second kappa shape index (κ2) is 7.02. The quantitative estimate of drug-likeness (QED) is 0.422. The van der Waals surface area contributed by atoms with Crippen LogP contribution in [0, 0.1) is 10.1 Å². The Morgan fingerprint density at radius 3 is 2.80 bits per heavy atom. The van der Waals surface area contributed by atoms with Crippen molar-refractivity contribution in [3.63, 3.8) is 0 Å². The van der Waals surface area contributed by atoms with Crippen LogP contribution in [0.3, 0.4) is 0 Å². The monoisotopic (exact) mass is 359 g/mol. The minimum absolute atomic E-state index is 0.109. The Hall–Kier alpha value is -3.39. The maximum Gasteiger partial charge on any atom is 0.307 e. The van der Waals surface area contributed by atoms with E-state index in [1.807, 2.05) is 0 Å². The second-order valence-electron chi connectivity index (χ2n) is 4.80. The van der Waals surface area contributed by atoms with E-state index in [1.165, 1.54) is 36.7 Å². The van der Waals surface area contributed by atoms with Gasteiger partial charge in [-0.3, -0.25) is 14.9 Å². The third-order valence-electron chi connectivity index (χ3n) is 3.16. The molecule has 3 rings (SSSR count). The standard InChI is InChI=1S/C16H10ClN3O5/c17-13-8-10(20(22)23)3-5-12(13)14-6-4-11(25-14)9-18-19-16(21)15-2-1-7-24-15/h1-9H,(H,19,21)/b18-9-. The van der Waals surface area contributed by atoms with E-state index >= 15 is 0 Å². The van der Waals surface area contributed by atoms with Crippen molar-refractivity contribution in [1.29, 1.82) is 0 Å². The highest BCUT2D eigenvalue weighted by atomic mass is 35.5. The highest BCUT2D eigenvalue weighted by Crippen LogP contribution is 2.31. The lowest BCUT2D eigenvalue weighted by Gasteiger charge is -2.00. The number of hydrogen-bond acceptors (Lipinski definition) is 6. The summed E-state index contributed by atoms with van der Waals surface area (Å²) in [6.07, 6.45) is 2.69. The van der Waals surface area contributed by atoms with E-state index in [0.29, 0.717) is 17.1 Å². The fourth-order valence-electron chi connectivity index (χ4n) is 2.00. The number of non-ortho nitro benzene ring substituents is 1. The molecule has 3 aromatic rings. The molecule has 0 unspecified atom stereocenters. The van der Waals surface area contributed by atoms with Crippen LogP contribution in [0.5, 0.6) is 0 Å². The first-order chi connectivity index (χ1) is 12.0. The molecule has 0 aliphatic heterocycles. The number of carbonyl (C=O) groups excluding carboxylic acids is 1. The molecule has 0 bridgehead atoms. The van der Waals surface area contributed by atoms with E-state index < -0.39 is 10.8 Å². The van der Waals surface area contributed by atoms with Crippen molar-refractivity contribution < 1.29 is 18.6 Å². The molecule has 2 aromatic heterocycles. The van der Waals surface area contributed by atoms with Crippen LogP contribution >= 0.6 is 11.6 Å². The summed E-state index contributed by atoms with van der Waals surface area (Å²) in [5.74, 6) is 0.421. The Labute approximate surface area is 145 Å². The van der Waals surface area contributed by atoms with Crippen molar-refractivity contribution in [3.8, 4) is 11.3 Å². The molecule has 0 atom stereocenters. The van der Waals surface area contributed by atoms with Gasteiger partial charge < -0.3 is 8.83 Å². The molecule has 9 heteroatoms. The number of benzene rings is 1. The molecular formula is C16H10ClN3O5. The fraction of sp³-hybridized carbons (Fsp3) is 0. The molecule has 0 aliphatic carbocycles. The summed E-state index contributed by atoms with van der Waals surface area (Å²) in [4.78, 5) is 21.8. The summed E-state index contributed by atoms with van der Waals surface area (Å²) < 4.78 is 10.5. The molecule has 1 N–H and O–H groups in total. The van der Waals surface area contributed by atoms with E-state index in [-0.39, 0.29) is 16.5 Å². The van der Waals surface area contributed by atoms with Crippen LogP contribution in [0.25, 0.3) is 11.3 Å². The molecule has 126 valence electrons. The molecule has 1 amide bonds. The zero-order valence-corrected chi connectivity index (χ0v) is 13.3. The number of nitrogens with one attached hydrogen (secondary N) is 1. The molecule has 8 nitrogen and oxygen atoms in total. The van der Waals surface area contributed by atoms with Gasteiger partial charge in [-0.25, -0.2) is 5.43 Å². The molecule has 2 heterocycles. The van der Waals surface area contributed by atoms with E-state index in [4.69, 9.17) is 20.4 Å². The van der Waals surface area contributed by atoms with Gasteiger partial charge in [0.25, 0.3) is 5.69 Å². The van der Waals surface area contributed by atoms with Crippen LogP contribution in [0.15, 0.2) is 62.7 Å². The Bertz CT molecular complexity index is 947. The van der Waals surface area contributed by atoms with Gasteiger partial charge >= 0.3 is 5.91 Å². The minimum Gasteiger partial charge on any atom is -0.459 e. The lowest BCUT2D eigenvalue weighted by atomic mass is 10.1. The van der Waals surface area contributed by atoms with Gasteiger partial charge in [-0.05, 0) is 30.3 Å². The number of halogens is 1. The largest absolute Gasteiger partial charge is 0.459 e. The topological polar surface area (TPSA) is 111 Å². The van der Waals surface area contributed by atoms with Crippen molar-refractivity contribution in [2.75, 3.05) is 0 Å². The van der Waals surface area contributed by atoms with Crippen LogP contribution in [0.4, 0.5) is 5.69 Å². The molecule has 0 saturated heterocycles. The number of nitro groups is 1. The van der Waals surface area contributed by atoms with Crippen LogP contribution in [-0.4, -0.2) is 17.0 Å². The maximum absolute atomic E-state index is 11.6. The zero-order chi connectivity index (χ0) is 17.8. The van der Waals surface area contributed by atoms with Gasteiger partial charge in [-0.2, -0.15) is 5.10 Å². The number of hydrogen-bond donors (Lipinski definition) is 1. The number of amides is 1. The molecule has 0 spiro atoms. The van der Waals surface area contributed by atoms with Crippen molar-refractivity contribution in [2.45, 2.75) is 0 Å². The third-order valence-corrected chi connectivity index (χ3v) is 3.47. The first-order valence-corrected chi connectivity index (χ1v) is 7.33. The minimum atomic E-state index is -0.530. The number of carbonyl (C=O) groups is 1. The molecule has 0 radical (unpaired) electrons. The maximum atomic E-state index is 11.6. The Morgan fingerprint density at radius 2 is 2.12 bits per heavy atom. The molecule has 0 fully saturated rings. The summed E-state index contributed by atoms with van der Waals surface area (Å²) in [7, 11) is 0. The second-order valence-corrected chi connectivity index (χ2v) is 5.21. The Morgan fingerprint density at radius 1 is 1.28 bits per heavy atom. The summed E-state index contributed by atoms with van der Waals surface area (Å²) in [6.45, 7) is 0. The van der Waals surface area contributed by atoms with E-state index in [0.717, 1.165) is 0 Å². The summed E-state index contributed by atoms with van der Waals surface area (Å²) >= 11 is 6.05. The van der Waals surface area contributed by atoms with Gasteiger partial charge in [0.15, 0.2) is 5.76 Å². The SMILES string of the molecule is O=C(N/N=C\c1ccc(-c2ccc([N+](=O)[O-])cc2Cl)o1)c1ccco1. The Balaban J connectivity index is 1.71. The first kappa shape index (κ1) is 16.5. The molecule has 0 aliphatic rings. The van der Waals surface area contributed by atoms with Crippen LogP contribution in [-0.2, 0) is 0 Å². The van der Waals surface area contributed by atoms with Crippen LogP contribution < -0.4 is 5.43 Å². The summed E-state index contributed by atoms with van der Waals surface area (Å²) in [5.41, 5.74) is 2.69. The Kier molecular flexibility index (Phi) is 4.62. The van der Waals surface area contributed by atoms with Crippen molar-refractivity contribution in [2.24, 2.45) is 5.10 Å². The molecule has 25 heavy (non-hydrogen) atoms. The van der Waals surface area contributed by atoms with Crippen LogP contribution in [0.1, 0.15) is 16.3 Å². The van der Waals surface area contributed by atoms with Gasteiger partial charge in [0.1, 0.15) is 11.5 Å². The van der Waals surface area contributed by atoms with Crippen molar-refractivity contribution in [1.82, 2.24) is 5.43 Å². The number of hydrazone groups is 1. The summed E-state index contributed by atoms with van der Waals surface area (Å²) in [5, 5.41) is 14.7. The van der Waals surface area contributed by atoms with E-state index in [9.17, 15) is 14.9 Å². The van der Waals surface area contributed by atoms with E-state index in [1.54, 1.807) is 18.2 Å². The normalized spacial score (nSPS) is 10.9. The third kappa shape index (κ3) is 3.75. The highest BCUT2D eigenvalue weighted by molar-refractivity contribution is 6.33. The van der Waals surface area contributed by atoms with Gasteiger partial charge in [-0.15, -0.1) is 0 Å². The average Bonchev–Trinajstić information content (AvgIpc) is 3.26.